The lowest BCUT2D eigenvalue weighted by molar-refractivity contribution is -0.192. The third kappa shape index (κ3) is 4.78. The van der Waals surface area contributed by atoms with Crippen LogP contribution < -0.4 is 4.90 Å². The van der Waals surface area contributed by atoms with Crippen LogP contribution in [0.15, 0.2) is 60.0 Å². The third-order valence-corrected chi connectivity index (χ3v) is 6.64. The predicted octanol–water partition coefficient (Wildman–Crippen LogP) is 4.22. The summed E-state index contributed by atoms with van der Waals surface area (Å²) in [4.78, 5) is 44.0. The summed E-state index contributed by atoms with van der Waals surface area (Å²) >= 11 is 1.52. The number of carboxylic acids is 1. The molecule has 2 amide bonds. The first-order chi connectivity index (χ1) is 17.8. The molecule has 10 nitrogen and oxygen atoms in total. The first-order valence-corrected chi connectivity index (χ1v) is 11.6. The van der Waals surface area contributed by atoms with Crippen molar-refractivity contribution in [2.24, 2.45) is 0 Å². The first-order valence-electron chi connectivity index (χ1n) is 10.8. The Bertz CT molecular complexity index is 1520. The summed E-state index contributed by atoms with van der Waals surface area (Å²) in [6.07, 6.45) is -6.23. The molecule has 1 aliphatic rings. The Balaban J connectivity index is 0.000000426. The van der Waals surface area contributed by atoms with E-state index in [2.05, 4.69) is 9.97 Å². The van der Waals surface area contributed by atoms with Crippen LogP contribution in [0.2, 0.25) is 0 Å². The van der Waals surface area contributed by atoms with E-state index in [1.807, 2.05) is 17.5 Å². The summed E-state index contributed by atoms with van der Waals surface area (Å²) in [6.45, 7) is 0.260. The number of aromatic nitrogens is 2. The summed E-state index contributed by atoms with van der Waals surface area (Å²) in [6, 6.07) is 16.0. The molecule has 198 valence electrons. The van der Waals surface area contributed by atoms with E-state index in [9.17, 15) is 33.0 Å². The van der Waals surface area contributed by atoms with Gasteiger partial charge in [0.1, 0.15) is 0 Å². The number of amides is 2. The highest BCUT2D eigenvalue weighted by Gasteiger charge is 2.50. The van der Waals surface area contributed by atoms with E-state index >= 15 is 0 Å². The van der Waals surface area contributed by atoms with Gasteiger partial charge in [-0.15, -0.1) is 11.3 Å². The second-order valence-corrected chi connectivity index (χ2v) is 9.16. The van der Waals surface area contributed by atoms with Crippen molar-refractivity contribution < 1.29 is 42.9 Å². The molecular weight excluding hydrogens is 529 g/mol. The zero-order valence-electron chi connectivity index (χ0n) is 19.4. The Hall–Kier alpha value is -4.43. The van der Waals surface area contributed by atoms with Gasteiger partial charge in [0.25, 0.3) is 5.91 Å². The molecular formula is C24H19F3N4O6S. The van der Waals surface area contributed by atoms with Gasteiger partial charge >= 0.3 is 18.2 Å². The van der Waals surface area contributed by atoms with Crippen molar-refractivity contribution in [2.45, 2.75) is 18.4 Å². The Morgan fingerprint density at radius 1 is 1.13 bits per heavy atom. The third-order valence-electron chi connectivity index (χ3n) is 5.78. The topological polar surface area (TPSA) is 147 Å². The van der Waals surface area contributed by atoms with E-state index in [-0.39, 0.29) is 18.4 Å². The maximum atomic E-state index is 13.2. The van der Waals surface area contributed by atoms with E-state index in [0.29, 0.717) is 27.7 Å². The van der Waals surface area contributed by atoms with Gasteiger partial charge in [-0.25, -0.2) is 14.6 Å². The molecule has 1 atom stereocenters. The predicted molar refractivity (Wildman–Crippen MR) is 130 cm³/mol. The quantitative estimate of drug-likeness (QED) is 0.299. The summed E-state index contributed by atoms with van der Waals surface area (Å²) < 4.78 is 31.7. The normalized spacial score (nSPS) is 16.7. The number of nitrogens with zero attached hydrogens (tertiary/aromatic N) is 3. The van der Waals surface area contributed by atoms with Crippen molar-refractivity contribution in [3.8, 4) is 0 Å². The molecule has 0 saturated heterocycles. The number of aliphatic carboxylic acids is 1. The van der Waals surface area contributed by atoms with Gasteiger partial charge in [0.05, 0.1) is 17.6 Å². The number of H-pyrrole nitrogens is 1. The Morgan fingerprint density at radius 2 is 1.82 bits per heavy atom. The molecule has 0 spiro atoms. The molecule has 4 aromatic rings. The second-order valence-electron chi connectivity index (χ2n) is 8.13. The largest absolute Gasteiger partial charge is 0.490 e. The molecule has 1 unspecified atom stereocenters. The van der Waals surface area contributed by atoms with Crippen molar-refractivity contribution >= 4 is 46.3 Å². The molecule has 5 rings (SSSR count). The van der Waals surface area contributed by atoms with Crippen LogP contribution in [-0.2, 0) is 17.1 Å². The Morgan fingerprint density at radius 3 is 2.42 bits per heavy atom. The SMILES string of the molecule is CN(C(=O)O)c1nc2ccc(C3(O)c4ccccc4C(=O)N3Cc3cccs3)cc2[nH]1.O=C(O)C(F)(F)F. The molecule has 0 aliphatic carbocycles. The molecule has 0 radical (unpaired) electrons. The molecule has 3 heterocycles. The van der Waals surface area contributed by atoms with Gasteiger partial charge in [-0.3, -0.25) is 14.6 Å². The highest BCUT2D eigenvalue weighted by Crippen LogP contribution is 2.44. The Kier molecular flexibility index (Phi) is 6.86. The fourth-order valence-electron chi connectivity index (χ4n) is 3.93. The van der Waals surface area contributed by atoms with Crippen LogP contribution in [0, 0.1) is 0 Å². The minimum atomic E-state index is -5.08. The van der Waals surface area contributed by atoms with Crippen LogP contribution in [0.1, 0.15) is 26.4 Å². The molecule has 38 heavy (non-hydrogen) atoms. The lowest BCUT2D eigenvalue weighted by Gasteiger charge is -2.34. The molecule has 2 aromatic carbocycles. The maximum Gasteiger partial charge on any atom is 0.490 e. The first kappa shape index (κ1) is 26.6. The summed E-state index contributed by atoms with van der Waals surface area (Å²) in [5.41, 5.74) is 0.897. The monoisotopic (exact) mass is 548 g/mol. The van der Waals surface area contributed by atoms with Gasteiger partial charge in [0.2, 0.25) is 5.95 Å². The van der Waals surface area contributed by atoms with E-state index in [0.717, 1.165) is 9.78 Å². The fraction of sp³-hybridized carbons (Fsp3) is 0.167. The van der Waals surface area contributed by atoms with Gasteiger partial charge in [0, 0.05) is 28.6 Å². The smallest absolute Gasteiger partial charge is 0.475 e. The summed E-state index contributed by atoms with van der Waals surface area (Å²) in [7, 11) is 1.39. The van der Waals surface area contributed by atoms with Gasteiger partial charge in [-0.2, -0.15) is 13.2 Å². The number of hydrogen-bond donors (Lipinski definition) is 4. The minimum absolute atomic E-state index is 0.171. The molecule has 0 fully saturated rings. The van der Waals surface area contributed by atoms with E-state index in [4.69, 9.17) is 9.90 Å². The number of thiophene rings is 1. The van der Waals surface area contributed by atoms with Crippen LogP contribution in [-0.4, -0.2) is 61.4 Å². The van der Waals surface area contributed by atoms with Crippen LogP contribution in [0.25, 0.3) is 11.0 Å². The van der Waals surface area contributed by atoms with E-state index < -0.39 is 24.0 Å². The number of hydrogen-bond acceptors (Lipinski definition) is 6. The number of carbonyl (C=O) groups excluding carboxylic acids is 1. The Labute approximate surface area is 216 Å². The van der Waals surface area contributed by atoms with Crippen LogP contribution in [0.3, 0.4) is 0 Å². The van der Waals surface area contributed by atoms with Crippen LogP contribution in [0.4, 0.5) is 23.9 Å². The highest BCUT2D eigenvalue weighted by molar-refractivity contribution is 7.09. The van der Waals surface area contributed by atoms with Crippen molar-refractivity contribution in [2.75, 3.05) is 11.9 Å². The standard InChI is InChI=1S/C22H18N4O4S.C2HF3O2/c1-25(21(28)29)20-23-17-9-8-13(11-18(17)24-20)22(30)16-7-3-2-6-15(16)19(27)26(22)12-14-5-4-10-31-14;3-2(4,5)1(6)7/h2-11,30H,12H2,1H3,(H,23,24)(H,28,29);(H,6,7). The molecule has 1 aliphatic heterocycles. The number of carboxylic acid groups (broad SMARTS) is 2. The average molecular weight is 548 g/mol. The number of halogens is 3. The van der Waals surface area contributed by atoms with Crippen molar-refractivity contribution in [1.82, 2.24) is 14.9 Å². The minimum Gasteiger partial charge on any atom is -0.475 e. The number of nitrogens with one attached hydrogen (secondary N) is 1. The van der Waals surface area contributed by atoms with Crippen LogP contribution in [0.5, 0.6) is 0 Å². The zero-order valence-corrected chi connectivity index (χ0v) is 20.2. The van der Waals surface area contributed by atoms with Crippen LogP contribution >= 0.6 is 11.3 Å². The number of aliphatic hydroxyl groups is 1. The number of benzene rings is 2. The van der Waals surface area contributed by atoms with E-state index in [1.165, 1.54) is 23.3 Å². The van der Waals surface area contributed by atoms with Gasteiger partial charge in [0.15, 0.2) is 5.72 Å². The second kappa shape index (κ2) is 9.79. The van der Waals surface area contributed by atoms with Crippen molar-refractivity contribution in [3.63, 3.8) is 0 Å². The fourth-order valence-corrected chi connectivity index (χ4v) is 4.62. The number of anilines is 1. The molecule has 4 N–H and O–H groups in total. The van der Waals surface area contributed by atoms with Gasteiger partial charge < -0.3 is 20.3 Å². The number of imidazole rings is 1. The lowest BCUT2D eigenvalue weighted by Crippen LogP contribution is -2.44. The number of alkyl halides is 3. The zero-order chi connectivity index (χ0) is 27.8. The summed E-state index contributed by atoms with van der Waals surface area (Å²) in [5, 5.41) is 30.2. The van der Waals surface area contributed by atoms with Crippen molar-refractivity contribution in [3.05, 3.63) is 81.5 Å². The lowest BCUT2D eigenvalue weighted by atomic mass is 9.93. The molecule has 2 aromatic heterocycles. The van der Waals surface area contributed by atoms with Gasteiger partial charge in [-0.1, -0.05) is 30.3 Å². The highest BCUT2D eigenvalue weighted by atomic mass is 32.1. The molecule has 0 bridgehead atoms. The molecule has 14 heteroatoms. The number of fused-ring (bicyclic) bond motifs is 2. The van der Waals surface area contributed by atoms with Crippen molar-refractivity contribution in [1.29, 1.82) is 0 Å². The molecule has 0 saturated carbocycles. The number of aromatic amines is 1. The number of rotatable bonds is 4. The summed E-state index contributed by atoms with van der Waals surface area (Å²) in [5.74, 6) is -2.83. The number of carbonyl (C=O) groups is 3. The van der Waals surface area contributed by atoms with Gasteiger partial charge in [-0.05, 0) is 29.6 Å². The average Bonchev–Trinajstić information content (AvgIpc) is 3.59. The van der Waals surface area contributed by atoms with E-state index in [1.54, 1.807) is 42.5 Å². The maximum absolute atomic E-state index is 13.2.